The monoisotopic (exact) mass is 911 g/mol. The Hall–Kier alpha value is -6.25. The van der Waals surface area contributed by atoms with Crippen LogP contribution in [-0.4, -0.2) is 75.0 Å². The van der Waals surface area contributed by atoms with Gasteiger partial charge in [0.05, 0.1) is 43.2 Å². The van der Waals surface area contributed by atoms with E-state index in [1.165, 1.54) is 0 Å². The number of rotatable bonds is 17. The van der Waals surface area contributed by atoms with Gasteiger partial charge in [0.2, 0.25) is 12.3 Å². The second kappa shape index (κ2) is 19.5. The average Bonchev–Trinajstić information content (AvgIpc) is 3.84. The van der Waals surface area contributed by atoms with Crippen molar-refractivity contribution in [2.75, 3.05) is 42.2 Å². The fraction of sp³-hybridized carbons (Fsp3) is 0.314. The van der Waals surface area contributed by atoms with Gasteiger partial charge in [0, 0.05) is 72.7 Å². The van der Waals surface area contributed by atoms with Crippen LogP contribution in [-0.2, 0) is 35.6 Å². The second-order valence-electron chi connectivity index (χ2n) is 16.9. The summed E-state index contributed by atoms with van der Waals surface area (Å²) in [5.74, 6) is 1.70. The summed E-state index contributed by atoms with van der Waals surface area (Å²) in [6.45, 7) is 6.51. The highest BCUT2D eigenvalue weighted by atomic mass is 33.1. The van der Waals surface area contributed by atoms with Crippen LogP contribution >= 0.6 is 21.6 Å². The van der Waals surface area contributed by atoms with Crippen LogP contribution in [0.2, 0.25) is 0 Å². The Balaban J connectivity index is 1.05. The molecule has 0 saturated heterocycles. The topological polar surface area (TPSA) is 123 Å². The number of amides is 3. The van der Waals surface area contributed by atoms with Gasteiger partial charge in [-0.1, -0.05) is 58.0 Å². The maximum atomic E-state index is 14.0. The summed E-state index contributed by atoms with van der Waals surface area (Å²) in [6, 6.07) is 28.5. The van der Waals surface area contributed by atoms with Gasteiger partial charge >= 0.3 is 0 Å². The van der Waals surface area contributed by atoms with Gasteiger partial charge in [-0.2, -0.15) is 0 Å². The number of aryl methyl sites for hydroxylation is 1. The van der Waals surface area contributed by atoms with Crippen LogP contribution in [0, 0.1) is 6.92 Å². The molecule has 3 aliphatic rings. The number of carbonyl (C=O) groups is 3. The smallest absolute Gasteiger partial charge is 0.261 e. The molecule has 5 aromatic carbocycles. The van der Waals surface area contributed by atoms with Gasteiger partial charge in [-0.05, 0) is 104 Å². The van der Waals surface area contributed by atoms with Crippen LogP contribution in [0.1, 0.15) is 64.9 Å². The summed E-state index contributed by atoms with van der Waals surface area (Å²) in [4.78, 5) is 54.7. The third kappa shape index (κ3) is 9.74. The molecule has 0 aliphatic carbocycles. The number of ether oxygens (including phenoxy) is 4. The average molecular weight is 912 g/mol. The lowest BCUT2D eigenvalue weighted by Gasteiger charge is -2.25. The molecule has 0 radical (unpaired) electrons. The van der Waals surface area contributed by atoms with E-state index in [0.717, 1.165) is 45.6 Å². The second-order valence-corrected chi connectivity index (χ2v) is 20.0. The summed E-state index contributed by atoms with van der Waals surface area (Å²) < 4.78 is 24.5. The van der Waals surface area contributed by atoms with E-state index in [4.69, 9.17) is 28.9 Å². The molecule has 0 aromatic heterocycles. The molecule has 0 bridgehead atoms. The number of nitrogens with zero attached hydrogens (tertiary/aromatic N) is 5. The SMILES string of the molecule is COc1cc(C)c(N=CC2Cc3ccccc3N2C=O)cc1OCc1cc(COc2cc3c(cc2OC)C(=O)N2c4ccccc4C[C@H]2C=N3)cc(N(C)C(=O)CCC(C)(C)SSC)c1. The van der Waals surface area contributed by atoms with Crippen molar-refractivity contribution in [2.24, 2.45) is 9.98 Å². The summed E-state index contributed by atoms with van der Waals surface area (Å²) in [6.07, 6.45) is 8.99. The van der Waals surface area contributed by atoms with Crippen LogP contribution < -0.4 is 33.6 Å². The number of fused-ring (bicyclic) bond motifs is 5. The number of benzene rings is 5. The highest BCUT2D eigenvalue weighted by Gasteiger charge is 2.36. The fourth-order valence-corrected chi connectivity index (χ4v) is 10.8. The molecule has 1 unspecified atom stereocenters. The molecule has 336 valence electrons. The zero-order valence-electron chi connectivity index (χ0n) is 37.7. The highest BCUT2D eigenvalue weighted by Crippen LogP contribution is 2.42. The molecule has 0 fully saturated rings. The minimum atomic E-state index is -0.217. The minimum Gasteiger partial charge on any atom is -0.493 e. The lowest BCUT2D eigenvalue weighted by atomic mass is 10.1. The van der Waals surface area contributed by atoms with Crippen molar-refractivity contribution < 1.29 is 33.3 Å². The molecule has 65 heavy (non-hydrogen) atoms. The minimum absolute atomic E-state index is 0.0102. The van der Waals surface area contributed by atoms with Crippen LogP contribution in [0.15, 0.2) is 101 Å². The van der Waals surface area contributed by atoms with Gasteiger partial charge < -0.3 is 28.7 Å². The van der Waals surface area contributed by atoms with Gasteiger partial charge in [-0.25, -0.2) is 0 Å². The van der Waals surface area contributed by atoms with Crippen LogP contribution in [0.4, 0.5) is 28.4 Å². The van der Waals surface area contributed by atoms with Crippen molar-refractivity contribution in [1.82, 2.24) is 0 Å². The Morgan fingerprint density at radius 1 is 0.877 bits per heavy atom. The molecule has 14 heteroatoms. The van der Waals surface area contributed by atoms with Gasteiger partial charge in [0.25, 0.3) is 5.91 Å². The molecule has 3 aliphatic heterocycles. The van der Waals surface area contributed by atoms with E-state index in [1.807, 2.05) is 104 Å². The van der Waals surface area contributed by atoms with E-state index in [0.29, 0.717) is 71.3 Å². The molecular weight excluding hydrogens is 859 g/mol. The number of hydrogen-bond donors (Lipinski definition) is 0. The van der Waals surface area contributed by atoms with Crippen molar-refractivity contribution in [3.63, 3.8) is 0 Å². The zero-order chi connectivity index (χ0) is 45.8. The summed E-state index contributed by atoms with van der Waals surface area (Å²) in [5.41, 5.74) is 8.74. The van der Waals surface area contributed by atoms with E-state index >= 15 is 0 Å². The number of anilines is 3. The molecule has 3 amide bonds. The van der Waals surface area contributed by atoms with Crippen molar-refractivity contribution in [3.8, 4) is 23.0 Å². The quantitative estimate of drug-likeness (QED) is 0.0510. The fourth-order valence-electron chi connectivity index (χ4n) is 8.53. The Bertz CT molecular complexity index is 2690. The maximum absolute atomic E-state index is 14.0. The first-order valence-electron chi connectivity index (χ1n) is 21.5. The molecule has 12 nitrogen and oxygen atoms in total. The summed E-state index contributed by atoms with van der Waals surface area (Å²) in [7, 11) is 8.39. The molecule has 8 rings (SSSR count). The van der Waals surface area contributed by atoms with Crippen molar-refractivity contribution >= 4 is 80.7 Å². The van der Waals surface area contributed by atoms with E-state index in [-0.39, 0.29) is 41.9 Å². The van der Waals surface area contributed by atoms with Crippen LogP contribution in [0.25, 0.3) is 0 Å². The first kappa shape index (κ1) is 45.3. The maximum Gasteiger partial charge on any atom is 0.261 e. The van der Waals surface area contributed by atoms with Crippen molar-refractivity contribution in [2.45, 2.75) is 76.5 Å². The van der Waals surface area contributed by atoms with Gasteiger partial charge in [0.15, 0.2) is 23.0 Å². The molecule has 2 atom stereocenters. The molecular formula is C51H53N5O7S2. The van der Waals surface area contributed by atoms with Crippen molar-refractivity contribution in [1.29, 1.82) is 0 Å². The van der Waals surface area contributed by atoms with E-state index in [2.05, 4.69) is 13.8 Å². The van der Waals surface area contributed by atoms with E-state index in [9.17, 15) is 14.4 Å². The van der Waals surface area contributed by atoms with Crippen molar-refractivity contribution in [3.05, 3.63) is 124 Å². The molecule has 0 N–H and O–H groups in total. The normalized spacial score (nSPS) is 16.1. The molecule has 5 aromatic rings. The molecule has 0 spiro atoms. The largest absolute Gasteiger partial charge is 0.493 e. The predicted molar refractivity (Wildman–Crippen MR) is 263 cm³/mol. The number of para-hydroxylation sites is 2. The first-order valence-corrected chi connectivity index (χ1v) is 24.0. The summed E-state index contributed by atoms with van der Waals surface area (Å²) >= 11 is 0. The third-order valence-corrected chi connectivity index (χ3v) is 14.7. The Morgan fingerprint density at radius 3 is 2.20 bits per heavy atom. The predicted octanol–water partition coefficient (Wildman–Crippen LogP) is 10.3. The number of hydrogen-bond acceptors (Lipinski definition) is 11. The lowest BCUT2D eigenvalue weighted by Crippen LogP contribution is -2.37. The van der Waals surface area contributed by atoms with E-state index in [1.54, 1.807) is 69.7 Å². The molecule has 0 saturated carbocycles. The van der Waals surface area contributed by atoms with Crippen LogP contribution in [0.5, 0.6) is 23.0 Å². The first-order chi connectivity index (χ1) is 31.4. The van der Waals surface area contributed by atoms with Gasteiger partial charge in [-0.3, -0.25) is 29.3 Å². The summed E-state index contributed by atoms with van der Waals surface area (Å²) in [5, 5.41) is 0. The van der Waals surface area contributed by atoms with Gasteiger partial charge in [0.1, 0.15) is 13.2 Å². The highest BCUT2D eigenvalue weighted by molar-refractivity contribution is 8.76. The Labute approximate surface area is 388 Å². The number of carbonyl (C=O) groups excluding carboxylic acids is 3. The third-order valence-electron chi connectivity index (χ3n) is 12.0. The van der Waals surface area contributed by atoms with Crippen LogP contribution in [0.3, 0.4) is 0 Å². The standard InChI is InChI=1S/C51H53N5O7S2/c1-32-18-45(60-5)47(25-41(32)52-27-38-22-35-12-8-10-14-43(35)55(38)31-57)62-29-33-19-34(21-37(20-33)54(4)49(58)16-17-51(2,3)65-64-7)30-63-48-26-42-40(24-46(48)61-6)50(59)56-39(28-53-42)23-36-13-9-11-15-44(36)56/h8-15,18-21,24-28,31,38-39H,16-17,22-23,29-30H2,1-7H3/t38?,39-/m0/s1. The Morgan fingerprint density at radius 2 is 1.52 bits per heavy atom. The molecule has 3 heterocycles. The van der Waals surface area contributed by atoms with E-state index < -0.39 is 0 Å². The zero-order valence-corrected chi connectivity index (χ0v) is 39.3. The number of aliphatic imine (C=N–C) groups is 2. The van der Waals surface area contributed by atoms with Gasteiger partial charge in [-0.15, -0.1) is 0 Å². The number of methoxy groups -OCH3 is 2. The Kier molecular flexibility index (Phi) is 13.6. The lowest BCUT2D eigenvalue weighted by molar-refractivity contribution is -0.118.